The van der Waals surface area contributed by atoms with E-state index in [1.54, 1.807) is 12.1 Å². The van der Waals surface area contributed by atoms with Gasteiger partial charge in [-0.1, -0.05) is 57.2 Å². The zero-order chi connectivity index (χ0) is 22.9. The summed E-state index contributed by atoms with van der Waals surface area (Å²) in [6, 6.07) is 15.1. The van der Waals surface area contributed by atoms with Crippen molar-refractivity contribution in [1.29, 1.82) is 0 Å². The minimum absolute atomic E-state index is 0.0405. The fourth-order valence-corrected chi connectivity index (χ4v) is 5.66. The fraction of sp³-hybridized carbons (Fsp3) is 0.480. The molecule has 0 bridgehead atoms. The number of nitrogens with zero attached hydrogens (tertiary/aromatic N) is 1. The Bertz CT molecular complexity index is 1040. The van der Waals surface area contributed by atoms with Crippen molar-refractivity contribution in [2.45, 2.75) is 64.3 Å². The van der Waals surface area contributed by atoms with E-state index in [4.69, 9.17) is 0 Å². The highest BCUT2D eigenvalue weighted by molar-refractivity contribution is 7.89. The molecule has 1 N–H and O–H groups in total. The molecule has 1 heterocycles. The van der Waals surface area contributed by atoms with E-state index >= 15 is 0 Å². The van der Waals surface area contributed by atoms with Crippen LogP contribution >= 0.6 is 0 Å². The maximum absolute atomic E-state index is 13.3. The van der Waals surface area contributed by atoms with Gasteiger partial charge < -0.3 is 5.32 Å². The number of carbonyl (C=O) groups is 1. The quantitative estimate of drug-likeness (QED) is 0.746. The molecule has 0 aromatic heterocycles. The van der Waals surface area contributed by atoms with Gasteiger partial charge in [0.2, 0.25) is 15.9 Å². The first-order chi connectivity index (χ1) is 14.4. The first kappa shape index (κ1) is 23.5. The monoisotopic (exact) mass is 442 g/mol. The Morgan fingerprint density at radius 3 is 2.35 bits per heavy atom. The van der Waals surface area contributed by atoms with Crippen molar-refractivity contribution in [2.24, 2.45) is 5.41 Å². The molecule has 3 rings (SSSR count). The summed E-state index contributed by atoms with van der Waals surface area (Å²) in [7, 11) is -3.65. The molecular formula is C25H34N2O3S. The van der Waals surface area contributed by atoms with Crippen LogP contribution in [0.2, 0.25) is 0 Å². The highest BCUT2D eigenvalue weighted by Crippen LogP contribution is 2.33. The van der Waals surface area contributed by atoms with Crippen LogP contribution in [0.5, 0.6) is 0 Å². The van der Waals surface area contributed by atoms with E-state index in [0.717, 1.165) is 16.7 Å². The molecule has 0 unspecified atom stereocenters. The number of amides is 1. The lowest BCUT2D eigenvalue weighted by Crippen LogP contribution is -2.51. The second-order valence-corrected chi connectivity index (χ2v) is 11.8. The zero-order valence-electron chi connectivity index (χ0n) is 19.2. The van der Waals surface area contributed by atoms with Crippen LogP contribution in [-0.2, 0) is 26.8 Å². The molecule has 6 heteroatoms. The lowest BCUT2D eigenvalue weighted by atomic mass is 9.82. The number of aryl methyl sites for hydroxylation is 1. The Balaban J connectivity index is 1.73. The maximum atomic E-state index is 13.3. The topological polar surface area (TPSA) is 66.5 Å². The number of benzene rings is 2. The smallest absolute Gasteiger partial charge is 0.243 e. The summed E-state index contributed by atoms with van der Waals surface area (Å²) in [6.45, 7) is 11.3. The van der Waals surface area contributed by atoms with Crippen molar-refractivity contribution >= 4 is 15.9 Å². The lowest BCUT2D eigenvalue weighted by Gasteiger charge is -2.38. The van der Waals surface area contributed by atoms with Gasteiger partial charge >= 0.3 is 0 Å². The van der Waals surface area contributed by atoms with Gasteiger partial charge in [0, 0.05) is 19.6 Å². The number of carbonyl (C=O) groups excluding carboxylic acids is 1. The molecule has 0 radical (unpaired) electrons. The molecule has 1 fully saturated rings. The van der Waals surface area contributed by atoms with Gasteiger partial charge in [-0.2, -0.15) is 4.31 Å². The van der Waals surface area contributed by atoms with Crippen LogP contribution < -0.4 is 5.32 Å². The molecule has 0 spiro atoms. The van der Waals surface area contributed by atoms with Gasteiger partial charge in [-0.3, -0.25) is 4.79 Å². The third kappa shape index (κ3) is 5.18. The van der Waals surface area contributed by atoms with Gasteiger partial charge in [-0.15, -0.1) is 0 Å². The lowest BCUT2D eigenvalue weighted by molar-refractivity contribution is -0.132. The van der Waals surface area contributed by atoms with Crippen LogP contribution in [0.1, 0.15) is 57.2 Å². The summed E-state index contributed by atoms with van der Waals surface area (Å²) in [5.41, 5.74) is 2.49. The third-order valence-corrected chi connectivity index (χ3v) is 8.13. The molecular weight excluding hydrogens is 408 g/mol. The molecule has 2 aromatic rings. The Kier molecular flexibility index (Phi) is 6.63. The van der Waals surface area contributed by atoms with Crippen LogP contribution in [0.4, 0.5) is 0 Å². The highest BCUT2D eigenvalue weighted by Gasteiger charge is 2.41. The Morgan fingerprint density at radius 2 is 1.74 bits per heavy atom. The average Bonchev–Trinajstić information content (AvgIpc) is 2.72. The van der Waals surface area contributed by atoms with E-state index in [-0.39, 0.29) is 22.8 Å². The van der Waals surface area contributed by atoms with Crippen LogP contribution in [0, 0.1) is 12.3 Å². The van der Waals surface area contributed by atoms with E-state index in [9.17, 15) is 13.2 Å². The normalized spacial score (nSPS) is 20.4. The molecule has 31 heavy (non-hydrogen) atoms. The van der Waals surface area contributed by atoms with Crippen LogP contribution in [-0.4, -0.2) is 31.7 Å². The minimum Gasteiger partial charge on any atom is -0.352 e. The minimum atomic E-state index is -3.65. The molecule has 2 aromatic carbocycles. The predicted molar refractivity (Wildman–Crippen MR) is 124 cm³/mol. The molecule has 1 saturated heterocycles. The molecule has 1 atom stereocenters. The molecule has 5 nitrogen and oxygen atoms in total. The first-order valence-electron chi connectivity index (χ1n) is 10.9. The van der Waals surface area contributed by atoms with E-state index in [2.05, 4.69) is 26.1 Å². The molecule has 0 aliphatic carbocycles. The van der Waals surface area contributed by atoms with Gasteiger partial charge in [-0.05, 0) is 60.9 Å². The van der Waals surface area contributed by atoms with Crippen molar-refractivity contribution in [1.82, 2.24) is 9.62 Å². The largest absolute Gasteiger partial charge is 0.352 e. The SMILES string of the molecule is Cc1ccccc1CNC(=O)[C@]1(C)CCCN(S(=O)(=O)c2ccc(C(C)(C)C)cc2)C1. The summed E-state index contributed by atoms with van der Waals surface area (Å²) in [4.78, 5) is 13.3. The van der Waals surface area contributed by atoms with E-state index in [1.165, 1.54) is 4.31 Å². The van der Waals surface area contributed by atoms with Crippen molar-refractivity contribution in [2.75, 3.05) is 13.1 Å². The predicted octanol–water partition coefficient (Wildman–Crippen LogP) is 4.40. The van der Waals surface area contributed by atoms with E-state index in [0.29, 0.717) is 25.9 Å². The highest BCUT2D eigenvalue weighted by atomic mass is 32.2. The first-order valence-corrected chi connectivity index (χ1v) is 12.3. The summed E-state index contributed by atoms with van der Waals surface area (Å²) in [6.07, 6.45) is 1.33. The second kappa shape index (κ2) is 8.75. The second-order valence-electron chi connectivity index (χ2n) is 9.89. The standard InChI is InChI=1S/C25H34N2O3S/c1-19-9-6-7-10-20(19)17-26-23(28)25(5)15-8-16-27(18-25)31(29,30)22-13-11-21(12-14-22)24(2,3)4/h6-7,9-14H,8,15-18H2,1-5H3,(H,26,28)/t25-/m1/s1. The van der Waals surface area contributed by atoms with Crippen molar-refractivity contribution in [3.63, 3.8) is 0 Å². The van der Waals surface area contributed by atoms with Gasteiger partial charge in [-0.25, -0.2) is 8.42 Å². The van der Waals surface area contributed by atoms with Crippen molar-refractivity contribution in [3.8, 4) is 0 Å². The summed E-state index contributed by atoms with van der Waals surface area (Å²) >= 11 is 0. The number of sulfonamides is 1. The van der Waals surface area contributed by atoms with Crippen molar-refractivity contribution < 1.29 is 13.2 Å². The molecule has 1 aliphatic heterocycles. The third-order valence-electron chi connectivity index (χ3n) is 6.27. The molecule has 1 aliphatic rings. The molecule has 0 saturated carbocycles. The molecule has 1 amide bonds. The Labute approximate surface area is 186 Å². The summed E-state index contributed by atoms with van der Waals surface area (Å²) in [5.74, 6) is -0.0984. The van der Waals surface area contributed by atoms with Crippen molar-refractivity contribution in [3.05, 3.63) is 65.2 Å². The van der Waals surface area contributed by atoms with Gasteiger partial charge in [0.05, 0.1) is 10.3 Å². The van der Waals surface area contributed by atoms with Crippen LogP contribution in [0.25, 0.3) is 0 Å². The fourth-order valence-electron chi connectivity index (χ4n) is 4.06. The van der Waals surface area contributed by atoms with E-state index < -0.39 is 15.4 Å². The number of nitrogens with one attached hydrogen (secondary N) is 1. The number of piperidine rings is 1. The zero-order valence-corrected chi connectivity index (χ0v) is 20.1. The van der Waals surface area contributed by atoms with Gasteiger partial charge in [0.25, 0.3) is 0 Å². The maximum Gasteiger partial charge on any atom is 0.243 e. The van der Waals surface area contributed by atoms with Crippen LogP contribution in [0.15, 0.2) is 53.4 Å². The average molecular weight is 443 g/mol. The summed E-state index contributed by atoms with van der Waals surface area (Å²) in [5, 5.41) is 3.03. The summed E-state index contributed by atoms with van der Waals surface area (Å²) < 4.78 is 28.0. The van der Waals surface area contributed by atoms with Gasteiger partial charge in [0.15, 0.2) is 0 Å². The van der Waals surface area contributed by atoms with Gasteiger partial charge in [0.1, 0.15) is 0 Å². The number of hydrogen-bond donors (Lipinski definition) is 1. The van der Waals surface area contributed by atoms with Crippen LogP contribution in [0.3, 0.4) is 0 Å². The number of rotatable bonds is 5. The Hall–Kier alpha value is -2.18. The molecule has 168 valence electrons. The number of hydrogen-bond acceptors (Lipinski definition) is 3. The Morgan fingerprint density at radius 1 is 1.10 bits per heavy atom. The van der Waals surface area contributed by atoms with E-state index in [1.807, 2.05) is 50.2 Å².